The van der Waals surface area contributed by atoms with Gasteiger partial charge in [-0.3, -0.25) is 10.1 Å². The van der Waals surface area contributed by atoms with Crippen molar-refractivity contribution in [3.63, 3.8) is 0 Å². The number of urea groups is 1. The molecule has 0 bridgehead atoms. The van der Waals surface area contributed by atoms with Crippen molar-refractivity contribution in [3.8, 4) is 5.75 Å². The van der Waals surface area contributed by atoms with Crippen molar-refractivity contribution in [1.29, 1.82) is 0 Å². The van der Waals surface area contributed by atoms with E-state index in [1.165, 1.54) is 25.3 Å². The molecule has 0 saturated heterocycles. The zero-order valence-electron chi connectivity index (χ0n) is 11.6. The predicted octanol–water partition coefficient (Wildman–Crippen LogP) is 3.04. The molecule has 20 heavy (non-hydrogen) atoms. The Morgan fingerprint density at radius 3 is 2.75 bits per heavy atom. The largest absolute Gasteiger partial charge is 0.494 e. The molecule has 7 nitrogen and oxygen atoms in total. The van der Waals surface area contributed by atoms with E-state index in [1.807, 2.05) is 13.8 Å². The van der Waals surface area contributed by atoms with E-state index in [2.05, 4.69) is 10.6 Å². The van der Waals surface area contributed by atoms with Gasteiger partial charge in [0.05, 0.1) is 23.8 Å². The highest BCUT2D eigenvalue weighted by atomic mass is 16.6. The zero-order chi connectivity index (χ0) is 15.1. The van der Waals surface area contributed by atoms with Gasteiger partial charge in [-0.15, -0.1) is 0 Å². The molecule has 2 N–H and O–H groups in total. The van der Waals surface area contributed by atoms with Gasteiger partial charge in [-0.25, -0.2) is 4.79 Å². The minimum atomic E-state index is -0.528. The highest BCUT2D eigenvalue weighted by molar-refractivity contribution is 5.91. The van der Waals surface area contributed by atoms with Crippen molar-refractivity contribution in [2.24, 2.45) is 0 Å². The number of nitrogens with one attached hydrogen (secondary N) is 2. The third kappa shape index (κ3) is 4.27. The smallest absolute Gasteiger partial charge is 0.323 e. The van der Waals surface area contributed by atoms with Crippen molar-refractivity contribution in [3.05, 3.63) is 40.1 Å². The molecule has 0 radical (unpaired) electrons. The van der Waals surface area contributed by atoms with Crippen LogP contribution >= 0.6 is 0 Å². The Hall–Kier alpha value is -2.57. The lowest BCUT2D eigenvalue weighted by Gasteiger charge is -2.09. The first-order valence-corrected chi connectivity index (χ1v) is 6.03. The highest BCUT2D eigenvalue weighted by Gasteiger charge is 2.12. The Bertz CT molecular complexity index is 540. The second-order valence-electron chi connectivity index (χ2n) is 4.08. The second-order valence-corrected chi connectivity index (χ2v) is 4.08. The number of carbonyl (C=O) groups is 1. The monoisotopic (exact) mass is 279 g/mol. The molecular formula is C13H17N3O4. The van der Waals surface area contributed by atoms with Gasteiger partial charge in [-0.05, 0) is 19.4 Å². The van der Waals surface area contributed by atoms with Gasteiger partial charge in [0.1, 0.15) is 5.75 Å². The molecule has 1 rings (SSSR count). The Balaban J connectivity index is 2.82. The number of nitrogens with zero attached hydrogens (tertiary/aromatic N) is 1. The Labute approximate surface area is 116 Å². The van der Waals surface area contributed by atoms with Gasteiger partial charge in [-0.1, -0.05) is 12.5 Å². The number of nitro groups is 1. The van der Waals surface area contributed by atoms with Crippen LogP contribution in [0.15, 0.2) is 30.0 Å². The molecular weight excluding hydrogens is 262 g/mol. The lowest BCUT2D eigenvalue weighted by molar-refractivity contribution is -0.384. The summed E-state index contributed by atoms with van der Waals surface area (Å²) in [5.41, 5.74) is 1.28. The van der Waals surface area contributed by atoms with Crippen molar-refractivity contribution in [1.82, 2.24) is 5.32 Å². The van der Waals surface area contributed by atoms with Crippen molar-refractivity contribution in [2.45, 2.75) is 20.3 Å². The molecule has 0 atom stereocenters. The summed E-state index contributed by atoms with van der Waals surface area (Å²) in [7, 11) is 1.38. The maximum absolute atomic E-state index is 11.7. The molecule has 0 aromatic heterocycles. The number of hydrogen-bond donors (Lipinski definition) is 2. The standard InChI is InChI=1S/C13H17N3O4/c1-4-9(2)8-14-13(17)15-11-6-5-10(16(18)19)7-12(11)20-3/h5-8H,4H2,1-3H3,(H2,14,15,17)/b9-8+. The van der Waals surface area contributed by atoms with E-state index in [4.69, 9.17) is 4.74 Å². The molecule has 0 aliphatic rings. The summed E-state index contributed by atoms with van der Waals surface area (Å²) in [6.45, 7) is 3.87. The maximum Gasteiger partial charge on any atom is 0.323 e. The minimum absolute atomic E-state index is 0.102. The van der Waals surface area contributed by atoms with E-state index in [9.17, 15) is 14.9 Å². The van der Waals surface area contributed by atoms with Gasteiger partial charge in [-0.2, -0.15) is 0 Å². The SMILES string of the molecule is CC/C(C)=C/NC(=O)Nc1ccc([N+](=O)[O-])cc1OC. The normalized spacial score (nSPS) is 10.8. The van der Waals surface area contributed by atoms with Crippen LogP contribution in [-0.4, -0.2) is 18.1 Å². The second kappa shape index (κ2) is 7.13. The number of ether oxygens (including phenoxy) is 1. The highest BCUT2D eigenvalue weighted by Crippen LogP contribution is 2.28. The number of rotatable bonds is 5. The number of non-ortho nitro benzene ring substituents is 1. The van der Waals surface area contributed by atoms with Crippen LogP contribution in [-0.2, 0) is 0 Å². The number of methoxy groups -OCH3 is 1. The first kappa shape index (κ1) is 15.5. The van der Waals surface area contributed by atoms with Crippen molar-refractivity contribution >= 4 is 17.4 Å². The van der Waals surface area contributed by atoms with Crippen LogP contribution < -0.4 is 15.4 Å². The first-order chi connectivity index (χ1) is 9.47. The van der Waals surface area contributed by atoms with Gasteiger partial charge in [0, 0.05) is 12.3 Å². The first-order valence-electron chi connectivity index (χ1n) is 6.03. The van der Waals surface area contributed by atoms with Crippen LogP contribution in [0.1, 0.15) is 20.3 Å². The summed E-state index contributed by atoms with van der Waals surface area (Å²) in [6, 6.07) is 3.53. The van der Waals surface area contributed by atoms with Crippen LogP contribution in [0.4, 0.5) is 16.2 Å². The van der Waals surface area contributed by atoms with E-state index in [-0.39, 0.29) is 11.4 Å². The van der Waals surface area contributed by atoms with E-state index >= 15 is 0 Å². The summed E-state index contributed by atoms with van der Waals surface area (Å²) >= 11 is 0. The molecule has 2 amide bonds. The molecule has 7 heteroatoms. The van der Waals surface area contributed by atoms with E-state index in [0.717, 1.165) is 12.0 Å². The molecule has 0 saturated carbocycles. The molecule has 0 spiro atoms. The number of carbonyl (C=O) groups excluding carboxylic acids is 1. The van der Waals surface area contributed by atoms with Gasteiger partial charge in [0.2, 0.25) is 0 Å². The lowest BCUT2D eigenvalue weighted by Crippen LogP contribution is -2.24. The van der Waals surface area contributed by atoms with E-state index in [1.54, 1.807) is 6.20 Å². The third-order valence-electron chi connectivity index (χ3n) is 2.65. The van der Waals surface area contributed by atoms with Gasteiger partial charge in [0.25, 0.3) is 5.69 Å². The third-order valence-corrected chi connectivity index (χ3v) is 2.65. The van der Waals surface area contributed by atoms with Crippen LogP contribution in [0.25, 0.3) is 0 Å². The van der Waals surface area contributed by atoms with Crippen molar-refractivity contribution in [2.75, 3.05) is 12.4 Å². The van der Waals surface area contributed by atoms with E-state index < -0.39 is 11.0 Å². The topological polar surface area (TPSA) is 93.5 Å². The van der Waals surface area contributed by atoms with Gasteiger partial charge in [0.15, 0.2) is 0 Å². The summed E-state index contributed by atoms with van der Waals surface area (Å²) in [5, 5.41) is 15.8. The van der Waals surface area contributed by atoms with E-state index in [0.29, 0.717) is 5.69 Å². The Morgan fingerprint density at radius 2 is 2.20 bits per heavy atom. The number of nitro benzene ring substituents is 1. The quantitative estimate of drug-likeness (QED) is 0.640. The summed E-state index contributed by atoms with van der Waals surface area (Å²) in [5.74, 6) is 0.227. The van der Waals surface area contributed by atoms with Crippen LogP contribution in [0.2, 0.25) is 0 Å². The number of anilines is 1. The predicted molar refractivity (Wildman–Crippen MR) is 75.9 cm³/mol. The maximum atomic E-state index is 11.7. The van der Waals surface area contributed by atoms with Gasteiger partial charge >= 0.3 is 6.03 Å². The molecule has 0 fully saturated rings. The molecule has 0 aliphatic heterocycles. The molecule has 0 heterocycles. The molecule has 0 aliphatic carbocycles. The fourth-order valence-corrected chi connectivity index (χ4v) is 1.35. The summed E-state index contributed by atoms with van der Waals surface area (Å²) in [4.78, 5) is 21.8. The van der Waals surface area contributed by atoms with Crippen LogP contribution in [0, 0.1) is 10.1 Å². The number of amides is 2. The van der Waals surface area contributed by atoms with Crippen LogP contribution in [0.3, 0.4) is 0 Å². The van der Waals surface area contributed by atoms with Crippen molar-refractivity contribution < 1.29 is 14.5 Å². The lowest BCUT2D eigenvalue weighted by atomic mass is 10.2. The fourth-order valence-electron chi connectivity index (χ4n) is 1.35. The number of allylic oxidation sites excluding steroid dienone is 1. The average Bonchev–Trinajstić information content (AvgIpc) is 2.44. The van der Waals surface area contributed by atoms with Gasteiger partial charge < -0.3 is 15.4 Å². The molecule has 1 aromatic carbocycles. The molecule has 0 unspecified atom stereocenters. The minimum Gasteiger partial charge on any atom is -0.494 e. The number of hydrogen-bond acceptors (Lipinski definition) is 4. The fraction of sp³-hybridized carbons (Fsp3) is 0.308. The average molecular weight is 279 g/mol. The molecule has 1 aromatic rings. The Morgan fingerprint density at radius 1 is 1.50 bits per heavy atom. The summed E-state index contributed by atoms with van der Waals surface area (Å²) in [6.07, 6.45) is 2.44. The zero-order valence-corrected chi connectivity index (χ0v) is 11.6. The molecule has 108 valence electrons. The van der Waals surface area contributed by atoms with Crippen LogP contribution in [0.5, 0.6) is 5.75 Å². The number of benzene rings is 1. The summed E-state index contributed by atoms with van der Waals surface area (Å²) < 4.78 is 5.02. The Kier molecular flexibility index (Phi) is 5.52.